The van der Waals surface area contributed by atoms with Crippen molar-refractivity contribution in [2.75, 3.05) is 11.9 Å². The van der Waals surface area contributed by atoms with Gasteiger partial charge in [0.1, 0.15) is 5.75 Å². The van der Waals surface area contributed by atoms with Gasteiger partial charge in [0, 0.05) is 12.7 Å². The van der Waals surface area contributed by atoms with Gasteiger partial charge in [-0.15, -0.1) is 0 Å². The van der Waals surface area contributed by atoms with E-state index in [2.05, 4.69) is 10.4 Å². The number of carbonyl (C=O) groups excluding carboxylic acids is 1. The van der Waals surface area contributed by atoms with E-state index in [1.807, 2.05) is 26.0 Å². The standard InChI is InChI=1S/C20H20N4O4/c1-4-28-16-11-7-14(8-12-16)21-18(25)17-19(26)23(3)20(27)24(22-17)15-9-5-13(2)6-10-15/h5-12H,4H2,1-3H3,(H,21,25). The van der Waals surface area contributed by atoms with Crippen LogP contribution in [-0.4, -0.2) is 26.9 Å². The van der Waals surface area contributed by atoms with Crippen LogP contribution < -0.4 is 21.3 Å². The second-order valence-corrected chi connectivity index (χ2v) is 6.15. The summed E-state index contributed by atoms with van der Waals surface area (Å²) in [6, 6.07) is 13.7. The Labute approximate surface area is 161 Å². The summed E-state index contributed by atoms with van der Waals surface area (Å²) in [4.78, 5) is 37.4. The van der Waals surface area contributed by atoms with Crippen molar-refractivity contribution in [1.29, 1.82) is 0 Å². The van der Waals surface area contributed by atoms with Gasteiger partial charge < -0.3 is 10.1 Å². The van der Waals surface area contributed by atoms with Gasteiger partial charge >= 0.3 is 5.69 Å². The van der Waals surface area contributed by atoms with Crippen LogP contribution in [0.3, 0.4) is 0 Å². The van der Waals surface area contributed by atoms with E-state index in [0.717, 1.165) is 14.8 Å². The van der Waals surface area contributed by atoms with Crippen LogP contribution in [0, 0.1) is 6.92 Å². The smallest absolute Gasteiger partial charge is 0.351 e. The molecule has 2 aromatic carbocycles. The number of carbonyl (C=O) groups is 1. The van der Waals surface area contributed by atoms with Crippen LogP contribution in [0.2, 0.25) is 0 Å². The second-order valence-electron chi connectivity index (χ2n) is 6.15. The molecule has 0 aliphatic carbocycles. The highest BCUT2D eigenvalue weighted by atomic mass is 16.5. The van der Waals surface area contributed by atoms with Gasteiger partial charge in [-0.05, 0) is 50.2 Å². The molecule has 0 unspecified atom stereocenters. The normalized spacial score (nSPS) is 10.5. The van der Waals surface area contributed by atoms with Gasteiger partial charge in [-0.2, -0.15) is 9.78 Å². The summed E-state index contributed by atoms with van der Waals surface area (Å²) in [7, 11) is 1.31. The van der Waals surface area contributed by atoms with E-state index in [0.29, 0.717) is 23.7 Å². The van der Waals surface area contributed by atoms with E-state index in [4.69, 9.17) is 4.74 Å². The van der Waals surface area contributed by atoms with Crippen molar-refractivity contribution >= 4 is 11.6 Å². The molecule has 1 N–H and O–H groups in total. The minimum atomic E-state index is -0.767. The van der Waals surface area contributed by atoms with Crippen LogP contribution in [0.4, 0.5) is 5.69 Å². The highest BCUT2D eigenvalue weighted by molar-refractivity contribution is 6.02. The molecule has 3 aromatic rings. The molecule has 0 spiro atoms. The van der Waals surface area contributed by atoms with Gasteiger partial charge in [-0.25, -0.2) is 4.79 Å². The highest BCUT2D eigenvalue weighted by Gasteiger charge is 2.19. The van der Waals surface area contributed by atoms with Crippen molar-refractivity contribution in [3.63, 3.8) is 0 Å². The lowest BCUT2D eigenvalue weighted by atomic mass is 10.2. The zero-order chi connectivity index (χ0) is 20.3. The summed E-state index contributed by atoms with van der Waals surface area (Å²) >= 11 is 0. The van der Waals surface area contributed by atoms with Gasteiger partial charge in [0.2, 0.25) is 5.69 Å². The maximum absolute atomic E-state index is 12.6. The monoisotopic (exact) mass is 380 g/mol. The maximum atomic E-state index is 12.6. The van der Waals surface area contributed by atoms with Crippen molar-refractivity contribution in [3.8, 4) is 11.4 Å². The Morgan fingerprint density at radius 2 is 1.71 bits per heavy atom. The van der Waals surface area contributed by atoms with Crippen molar-refractivity contribution in [2.24, 2.45) is 7.05 Å². The number of hydrogen-bond acceptors (Lipinski definition) is 5. The molecule has 144 valence electrons. The first-order valence-electron chi connectivity index (χ1n) is 8.72. The summed E-state index contributed by atoms with van der Waals surface area (Å²) in [5, 5.41) is 6.63. The topological polar surface area (TPSA) is 95.2 Å². The molecule has 0 bridgehead atoms. The minimum absolute atomic E-state index is 0.378. The first-order chi connectivity index (χ1) is 13.4. The number of nitrogens with one attached hydrogen (secondary N) is 1. The molecule has 0 aliphatic rings. The molecule has 8 heteroatoms. The number of ether oxygens (including phenoxy) is 1. The van der Waals surface area contributed by atoms with Gasteiger partial charge in [0.15, 0.2) is 0 Å². The first-order valence-corrected chi connectivity index (χ1v) is 8.72. The number of benzene rings is 2. The zero-order valence-corrected chi connectivity index (χ0v) is 15.8. The summed E-state index contributed by atoms with van der Waals surface area (Å²) in [6.07, 6.45) is 0. The maximum Gasteiger partial charge on any atom is 0.351 e. The summed E-state index contributed by atoms with van der Waals surface area (Å²) < 4.78 is 7.25. The second kappa shape index (κ2) is 7.91. The molecule has 0 saturated heterocycles. The average Bonchev–Trinajstić information content (AvgIpc) is 2.69. The number of amides is 1. The molecular formula is C20H20N4O4. The minimum Gasteiger partial charge on any atom is -0.494 e. The Hall–Kier alpha value is -3.68. The Morgan fingerprint density at radius 1 is 1.07 bits per heavy atom. The van der Waals surface area contributed by atoms with Crippen LogP contribution in [0.5, 0.6) is 5.75 Å². The Bertz CT molecular complexity index is 1110. The molecule has 0 fully saturated rings. The third kappa shape index (κ3) is 3.85. The molecule has 1 amide bonds. The number of aromatic nitrogens is 3. The van der Waals surface area contributed by atoms with Crippen molar-refractivity contribution in [2.45, 2.75) is 13.8 Å². The molecule has 0 aliphatic heterocycles. The van der Waals surface area contributed by atoms with E-state index in [-0.39, 0.29) is 5.69 Å². The van der Waals surface area contributed by atoms with Crippen LogP contribution in [0.1, 0.15) is 23.0 Å². The molecule has 8 nitrogen and oxygen atoms in total. The SMILES string of the molecule is CCOc1ccc(NC(=O)c2nn(-c3ccc(C)cc3)c(=O)n(C)c2=O)cc1. The van der Waals surface area contributed by atoms with Gasteiger partial charge in [-0.1, -0.05) is 17.7 Å². The Kier molecular flexibility index (Phi) is 5.39. The van der Waals surface area contributed by atoms with Crippen molar-refractivity contribution in [3.05, 3.63) is 80.6 Å². The molecular weight excluding hydrogens is 360 g/mol. The van der Waals surface area contributed by atoms with Crippen molar-refractivity contribution < 1.29 is 9.53 Å². The predicted molar refractivity (Wildman–Crippen MR) is 105 cm³/mol. The number of rotatable bonds is 5. The third-order valence-electron chi connectivity index (χ3n) is 4.09. The third-order valence-corrected chi connectivity index (χ3v) is 4.09. The van der Waals surface area contributed by atoms with Gasteiger partial charge in [-0.3, -0.25) is 14.2 Å². The molecule has 0 radical (unpaired) electrons. The number of anilines is 1. The van der Waals surface area contributed by atoms with Crippen LogP contribution in [0.15, 0.2) is 58.1 Å². The lowest BCUT2D eigenvalue weighted by Crippen LogP contribution is -2.43. The van der Waals surface area contributed by atoms with Crippen LogP contribution >= 0.6 is 0 Å². The lowest BCUT2D eigenvalue weighted by Gasteiger charge is -2.10. The lowest BCUT2D eigenvalue weighted by molar-refractivity contribution is 0.101. The van der Waals surface area contributed by atoms with Gasteiger partial charge in [0.25, 0.3) is 11.5 Å². The highest BCUT2D eigenvalue weighted by Crippen LogP contribution is 2.16. The molecule has 28 heavy (non-hydrogen) atoms. The van der Waals surface area contributed by atoms with Crippen LogP contribution in [0.25, 0.3) is 5.69 Å². The first kappa shape index (κ1) is 19.1. The van der Waals surface area contributed by atoms with E-state index in [1.54, 1.807) is 36.4 Å². The van der Waals surface area contributed by atoms with E-state index >= 15 is 0 Å². The number of aryl methyl sites for hydroxylation is 1. The van der Waals surface area contributed by atoms with Crippen LogP contribution in [-0.2, 0) is 7.05 Å². The van der Waals surface area contributed by atoms with E-state index in [1.165, 1.54) is 7.05 Å². The Morgan fingerprint density at radius 3 is 2.32 bits per heavy atom. The summed E-state index contributed by atoms with van der Waals surface area (Å²) in [6.45, 7) is 4.32. The van der Waals surface area contributed by atoms with E-state index in [9.17, 15) is 14.4 Å². The summed E-state index contributed by atoms with van der Waals surface area (Å²) in [5.74, 6) is -0.0342. The fourth-order valence-electron chi connectivity index (χ4n) is 2.56. The molecule has 3 rings (SSSR count). The Balaban J connectivity index is 1.96. The molecule has 1 aromatic heterocycles. The van der Waals surface area contributed by atoms with Crippen molar-refractivity contribution in [1.82, 2.24) is 14.3 Å². The average molecular weight is 380 g/mol. The fraction of sp³-hybridized carbons (Fsp3) is 0.200. The predicted octanol–water partition coefficient (Wildman–Crippen LogP) is 1.89. The number of nitrogens with zero attached hydrogens (tertiary/aromatic N) is 3. The molecule has 0 atom stereocenters. The number of hydrogen-bond donors (Lipinski definition) is 1. The molecule has 0 saturated carbocycles. The molecule has 1 heterocycles. The van der Waals surface area contributed by atoms with E-state index < -0.39 is 17.2 Å². The zero-order valence-electron chi connectivity index (χ0n) is 15.8. The quantitative estimate of drug-likeness (QED) is 0.729. The summed E-state index contributed by atoms with van der Waals surface area (Å²) in [5.41, 5.74) is 0.168. The largest absolute Gasteiger partial charge is 0.494 e. The fourth-order valence-corrected chi connectivity index (χ4v) is 2.56. The van der Waals surface area contributed by atoms with Gasteiger partial charge in [0.05, 0.1) is 12.3 Å².